The molecule has 6 nitrogen and oxygen atoms in total. The Morgan fingerprint density at radius 1 is 1.03 bits per heavy atom. The predicted octanol–water partition coefficient (Wildman–Crippen LogP) is 6.32. The van der Waals surface area contributed by atoms with Crippen molar-refractivity contribution < 1.29 is 24.2 Å². The second-order valence-electron chi connectivity index (χ2n) is 9.13. The van der Waals surface area contributed by atoms with Crippen LogP contribution in [0, 0.1) is 12.8 Å². The highest BCUT2D eigenvalue weighted by Gasteiger charge is 2.47. The number of ether oxygens (including phenoxy) is 2. The fourth-order valence-corrected chi connectivity index (χ4v) is 4.37. The average molecular weight is 506 g/mol. The van der Waals surface area contributed by atoms with Crippen molar-refractivity contribution in [3.8, 4) is 11.5 Å². The topological polar surface area (TPSA) is 76.1 Å². The molecule has 36 heavy (non-hydrogen) atoms. The van der Waals surface area contributed by atoms with E-state index in [0.717, 1.165) is 5.56 Å². The summed E-state index contributed by atoms with van der Waals surface area (Å²) in [5.74, 6) is -0.389. The van der Waals surface area contributed by atoms with Crippen molar-refractivity contribution in [3.05, 3.63) is 94.0 Å². The fourth-order valence-electron chi connectivity index (χ4n) is 4.16. The number of hydrogen-bond acceptors (Lipinski definition) is 5. The van der Waals surface area contributed by atoms with Gasteiger partial charge in [0.2, 0.25) is 0 Å². The smallest absolute Gasteiger partial charge is 0.300 e. The number of aliphatic hydroxyl groups excluding tert-OH is 1. The Labute approximate surface area is 215 Å². The summed E-state index contributed by atoms with van der Waals surface area (Å²) in [4.78, 5) is 28.1. The summed E-state index contributed by atoms with van der Waals surface area (Å²) in [5.41, 5.74) is 2.29. The summed E-state index contributed by atoms with van der Waals surface area (Å²) in [7, 11) is 1.49. The molecule has 3 aromatic rings. The molecule has 1 heterocycles. The van der Waals surface area contributed by atoms with Gasteiger partial charge >= 0.3 is 0 Å². The second-order valence-corrected chi connectivity index (χ2v) is 9.53. The highest BCUT2D eigenvalue weighted by atomic mass is 35.5. The van der Waals surface area contributed by atoms with Gasteiger partial charge in [-0.3, -0.25) is 14.5 Å². The summed E-state index contributed by atoms with van der Waals surface area (Å²) in [6, 6.07) is 18.4. The lowest BCUT2D eigenvalue weighted by Crippen LogP contribution is -2.29. The number of aryl methyl sites for hydroxylation is 1. The zero-order valence-electron chi connectivity index (χ0n) is 20.6. The monoisotopic (exact) mass is 505 g/mol. The van der Waals surface area contributed by atoms with Crippen LogP contribution in [0.5, 0.6) is 11.5 Å². The Balaban J connectivity index is 1.89. The highest BCUT2D eigenvalue weighted by molar-refractivity contribution is 6.52. The molecular weight excluding hydrogens is 478 g/mol. The van der Waals surface area contributed by atoms with Crippen LogP contribution in [0.15, 0.2) is 72.3 Å². The standard InChI is InChI=1S/C29H28ClNO5/c1-17(2)16-36-21-10-8-19(9-11-21)26-25(27(32)23-15-22(35-4)12-13-24(23)30)28(33)29(34)31(26)20-7-5-6-18(3)14-20/h5-15,17,26,32H,16H2,1-4H3/b27-25+. The Morgan fingerprint density at radius 2 is 1.72 bits per heavy atom. The summed E-state index contributed by atoms with van der Waals surface area (Å²) in [6.45, 7) is 6.60. The molecule has 4 rings (SSSR count). The van der Waals surface area contributed by atoms with Gasteiger partial charge in [0, 0.05) is 11.3 Å². The summed E-state index contributed by atoms with van der Waals surface area (Å²) in [6.07, 6.45) is 0. The summed E-state index contributed by atoms with van der Waals surface area (Å²) < 4.78 is 11.1. The largest absolute Gasteiger partial charge is 0.507 e. The van der Waals surface area contributed by atoms with E-state index < -0.39 is 17.7 Å². The number of rotatable bonds is 7. The molecular formula is C29H28ClNO5. The molecule has 186 valence electrons. The molecule has 1 saturated heterocycles. The lowest BCUT2D eigenvalue weighted by atomic mass is 9.95. The van der Waals surface area contributed by atoms with Crippen LogP contribution in [0.3, 0.4) is 0 Å². The van der Waals surface area contributed by atoms with Gasteiger partial charge in [-0.25, -0.2) is 0 Å². The minimum Gasteiger partial charge on any atom is -0.507 e. The molecule has 0 aromatic heterocycles. The van der Waals surface area contributed by atoms with Crippen molar-refractivity contribution in [1.82, 2.24) is 0 Å². The van der Waals surface area contributed by atoms with Crippen LogP contribution in [0.25, 0.3) is 5.76 Å². The van der Waals surface area contributed by atoms with Crippen molar-refractivity contribution >= 4 is 34.7 Å². The first-order chi connectivity index (χ1) is 17.2. The number of aliphatic hydroxyl groups is 1. The van der Waals surface area contributed by atoms with Crippen molar-refractivity contribution in [1.29, 1.82) is 0 Å². The van der Waals surface area contributed by atoms with Crippen LogP contribution in [-0.4, -0.2) is 30.5 Å². The van der Waals surface area contributed by atoms with E-state index in [9.17, 15) is 14.7 Å². The van der Waals surface area contributed by atoms with Gasteiger partial charge in [0.15, 0.2) is 0 Å². The molecule has 1 fully saturated rings. The van der Waals surface area contributed by atoms with E-state index in [4.69, 9.17) is 21.1 Å². The Hall–Kier alpha value is -3.77. The predicted molar refractivity (Wildman–Crippen MR) is 141 cm³/mol. The number of carbonyl (C=O) groups excluding carboxylic acids is 2. The molecule has 1 aliphatic rings. The number of benzene rings is 3. The molecule has 1 unspecified atom stereocenters. The summed E-state index contributed by atoms with van der Waals surface area (Å²) >= 11 is 6.38. The maximum atomic E-state index is 13.4. The van der Waals surface area contributed by atoms with Crippen LogP contribution in [0.4, 0.5) is 5.69 Å². The van der Waals surface area contributed by atoms with E-state index in [2.05, 4.69) is 13.8 Å². The van der Waals surface area contributed by atoms with Crippen molar-refractivity contribution in [2.45, 2.75) is 26.8 Å². The van der Waals surface area contributed by atoms with Gasteiger partial charge < -0.3 is 14.6 Å². The minimum absolute atomic E-state index is 0.0486. The normalized spacial score (nSPS) is 17.1. The molecule has 1 atom stereocenters. The fraction of sp³-hybridized carbons (Fsp3) is 0.241. The molecule has 0 radical (unpaired) electrons. The number of hydrogen-bond donors (Lipinski definition) is 1. The Morgan fingerprint density at radius 3 is 2.36 bits per heavy atom. The van der Waals surface area contributed by atoms with Crippen LogP contribution < -0.4 is 14.4 Å². The zero-order valence-corrected chi connectivity index (χ0v) is 21.4. The highest BCUT2D eigenvalue weighted by Crippen LogP contribution is 2.43. The van der Waals surface area contributed by atoms with Gasteiger partial charge in [-0.2, -0.15) is 0 Å². The second kappa shape index (κ2) is 10.5. The first-order valence-corrected chi connectivity index (χ1v) is 12.0. The molecule has 0 aliphatic carbocycles. The van der Waals surface area contributed by atoms with Gasteiger partial charge in [0.25, 0.3) is 11.7 Å². The van der Waals surface area contributed by atoms with E-state index in [1.54, 1.807) is 42.5 Å². The quantitative estimate of drug-likeness (QED) is 0.231. The van der Waals surface area contributed by atoms with Crippen molar-refractivity contribution in [2.75, 3.05) is 18.6 Å². The molecule has 1 N–H and O–H groups in total. The van der Waals surface area contributed by atoms with E-state index in [-0.39, 0.29) is 21.9 Å². The van der Waals surface area contributed by atoms with E-state index in [0.29, 0.717) is 35.3 Å². The molecule has 1 amide bonds. The Bertz CT molecular complexity index is 1330. The third kappa shape index (κ3) is 4.95. The van der Waals surface area contributed by atoms with Gasteiger partial charge in [-0.1, -0.05) is 49.7 Å². The molecule has 0 spiro atoms. The average Bonchev–Trinajstić information content (AvgIpc) is 3.13. The van der Waals surface area contributed by atoms with E-state index in [1.165, 1.54) is 18.1 Å². The van der Waals surface area contributed by atoms with Crippen molar-refractivity contribution in [3.63, 3.8) is 0 Å². The maximum Gasteiger partial charge on any atom is 0.300 e. The van der Waals surface area contributed by atoms with Crippen LogP contribution in [0.1, 0.15) is 36.6 Å². The number of anilines is 1. The molecule has 1 aliphatic heterocycles. The molecule has 3 aromatic carbocycles. The van der Waals surface area contributed by atoms with Crippen LogP contribution >= 0.6 is 11.6 Å². The molecule has 0 bridgehead atoms. The summed E-state index contributed by atoms with van der Waals surface area (Å²) in [5, 5.41) is 11.6. The van der Waals surface area contributed by atoms with Gasteiger partial charge in [-0.05, 0) is 66.4 Å². The van der Waals surface area contributed by atoms with Crippen LogP contribution in [-0.2, 0) is 9.59 Å². The maximum absolute atomic E-state index is 13.4. The minimum atomic E-state index is -0.867. The SMILES string of the molecule is COc1ccc(Cl)c(/C(O)=C2\C(=O)C(=O)N(c3cccc(C)c3)C2c2ccc(OCC(C)C)cc2)c1. The van der Waals surface area contributed by atoms with Crippen LogP contribution in [0.2, 0.25) is 5.02 Å². The lowest BCUT2D eigenvalue weighted by molar-refractivity contribution is -0.132. The number of Topliss-reactive ketones (excluding diaryl/α,β-unsaturated/α-hetero) is 1. The number of methoxy groups -OCH3 is 1. The van der Waals surface area contributed by atoms with E-state index >= 15 is 0 Å². The van der Waals surface area contributed by atoms with Crippen molar-refractivity contribution in [2.24, 2.45) is 5.92 Å². The van der Waals surface area contributed by atoms with Gasteiger partial charge in [0.1, 0.15) is 17.3 Å². The number of ketones is 1. The van der Waals surface area contributed by atoms with Gasteiger partial charge in [-0.15, -0.1) is 0 Å². The van der Waals surface area contributed by atoms with Gasteiger partial charge in [0.05, 0.1) is 30.4 Å². The first kappa shape index (κ1) is 25.3. The number of nitrogens with zero attached hydrogens (tertiary/aromatic N) is 1. The zero-order chi connectivity index (χ0) is 26.0. The number of carbonyl (C=O) groups is 2. The molecule has 7 heteroatoms. The van der Waals surface area contributed by atoms with E-state index in [1.807, 2.05) is 25.1 Å². The molecule has 0 saturated carbocycles. The third-order valence-electron chi connectivity index (χ3n) is 5.93. The number of halogens is 1. The first-order valence-electron chi connectivity index (χ1n) is 11.7. The third-order valence-corrected chi connectivity index (χ3v) is 6.26. The Kier molecular flexibility index (Phi) is 7.36. The lowest BCUT2D eigenvalue weighted by Gasteiger charge is -2.26. The number of amides is 1.